The molecule has 2 saturated heterocycles. The molecule has 2 aliphatic heterocycles. The number of hydrogen-bond donors (Lipinski definition) is 1. The fourth-order valence-corrected chi connectivity index (χ4v) is 3.69. The fraction of sp³-hybridized carbons (Fsp3) is 1.00. The van der Waals surface area contributed by atoms with Gasteiger partial charge in [0.05, 0.1) is 0 Å². The average molecular weight is 233 g/mol. The van der Waals surface area contributed by atoms with Crippen LogP contribution in [0.15, 0.2) is 0 Å². The lowest BCUT2D eigenvalue weighted by Gasteiger charge is -2.24. The minimum atomic E-state index is -3.20. The van der Waals surface area contributed by atoms with Crippen molar-refractivity contribution < 1.29 is 8.42 Å². The van der Waals surface area contributed by atoms with Crippen molar-refractivity contribution >= 4 is 10.2 Å². The molecule has 0 aromatic carbocycles. The summed E-state index contributed by atoms with van der Waals surface area (Å²) in [7, 11) is -0.0202. The van der Waals surface area contributed by atoms with Gasteiger partial charge in [-0.3, -0.25) is 0 Å². The van der Waals surface area contributed by atoms with E-state index in [1.54, 1.807) is 18.4 Å². The maximum Gasteiger partial charge on any atom is 0.281 e. The van der Waals surface area contributed by atoms with E-state index in [-0.39, 0.29) is 5.41 Å². The minimum Gasteiger partial charge on any atom is -0.316 e. The minimum absolute atomic E-state index is 0.211. The molecule has 2 heterocycles. The van der Waals surface area contributed by atoms with Gasteiger partial charge in [-0.25, -0.2) is 0 Å². The molecule has 1 atom stereocenters. The Labute approximate surface area is 91.6 Å². The first-order valence-corrected chi connectivity index (χ1v) is 6.74. The smallest absolute Gasteiger partial charge is 0.281 e. The maximum absolute atomic E-state index is 11.9. The van der Waals surface area contributed by atoms with Crippen molar-refractivity contribution in [2.45, 2.75) is 12.8 Å². The molecule has 5 nitrogen and oxygen atoms in total. The van der Waals surface area contributed by atoms with Crippen LogP contribution in [-0.2, 0) is 10.2 Å². The Morgan fingerprint density at radius 2 is 2.07 bits per heavy atom. The van der Waals surface area contributed by atoms with Crippen molar-refractivity contribution in [2.24, 2.45) is 5.41 Å². The second-order valence-corrected chi connectivity index (χ2v) is 6.94. The molecule has 1 spiro atoms. The third-order valence-corrected chi connectivity index (χ3v) is 5.41. The van der Waals surface area contributed by atoms with Crippen molar-refractivity contribution in [3.8, 4) is 0 Å². The normalized spacial score (nSPS) is 33.3. The van der Waals surface area contributed by atoms with Gasteiger partial charge in [-0.05, 0) is 24.8 Å². The first-order valence-electron chi connectivity index (χ1n) is 5.35. The van der Waals surface area contributed by atoms with Crippen LogP contribution in [0.4, 0.5) is 0 Å². The summed E-state index contributed by atoms with van der Waals surface area (Å²) in [5.41, 5.74) is 0.211. The summed E-state index contributed by atoms with van der Waals surface area (Å²) >= 11 is 0. The average Bonchev–Trinajstić information content (AvgIpc) is 2.77. The van der Waals surface area contributed by atoms with Crippen LogP contribution >= 0.6 is 0 Å². The summed E-state index contributed by atoms with van der Waals surface area (Å²) in [5.74, 6) is 0. The summed E-state index contributed by atoms with van der Waals surface area (Å²) in [5, 5.41) is 3.32. The van der Waals surface area contributed by atoms with Gasteiger partial charge in [0.15, 0.2) is 0 Å². The highest BCUT2D eigenvalue weighted by Crippen LogP contribution is 2.37. The van der Waals surface area contributed by atoms with Crippen LogP contribution in [0.3, 0.4) is 0 Å². The summed E-state index contributed by atoms with van der Waals surface area (Å²) in [6.45, 7) is 3.34. The van der Waals surface area contributed by atoms with Gasteiger partial charge in [0.2, 0.25) is 0 Å². The summed E-state index contributed by atoms with van der Waals surface area (Å²) in [4.78, 5) is 0. The lowest BCUT2D eigenvalue weighted by Crippen LogP contribution is -2.40. The second-order valence-electron chi connectivity index (χ2n) is 4.80. The van der Waals surface area contributed by atoms with Crippen molar-refractivity contribution in [1.82, 2.24) is 13.9 Å². The maximum atomic E-state index is 11.9. The van der Waals surface area contributed by atoms with Gasteiger partial charge >= 0.3 is 0 Å². The zero-order valence-corrected chi connectivity index (χ0v) is 10.2. The Kier molecular flexibility index (Phi) is 2.79. The largest absolute Gasteiger partial charge is 0.316 e. The van der Waals surface area contributed by atoms with Gasteiger partial charge in [0.25, 0.3) is 10.2 Å². The molecular formula is C9H19N3O2S. The first-order chi connectivity index (χ1) is 6.96. The molecule has 2 fully saturated rings. The standard InChI is InChI=1S/C9H19N3O2S/c1-11(2)15(13,14)12-6-4-9(8-12)3-5-10-7-9/h10H,3-8H2,1-2H3. The van der Waals surface area contributed by atoms with E-state index in [4.69, 9.17) is 0 Å². The third kappa shape index (κ3) is 1.91. The SMILES string of the molecule is CN(C)S(=O)(=O)N1CCC2(CCNC2)C1. The number of hydrogen-bond acceptors (Lipinski definition) is 3. The third-order valence-electron chi connectivity index (χ3n) is 3.52. The first kappa shape index (κ1) is 11.3. The van der Waals surface area contributed by atoms with Crippen LogP contribution in [0.25, 0.3) is 0 Å². The molecule has 6 heteroatoms. The summed E-state index contributed by atoms with van der Waals surface area (Å²) in [6.07, 6.45) is 2.10. The molecule has 0 amide bonds. The molecule has 15 heavy (non-hydrogen) atoms. The van der Waals surface area contributed by atoms with E-state index in [1.165, 1.54) is 4.31 Å². The molecule has 0 aromatic heterocycles. The molecule has 1 unspecified atom stereocenters. The summed E-state index contributed by atoms with van der Waals surface area (Å²) < 4.78 is 26.7. The zero-order valence-electron chi connectivity index (χ0n) is 9.36. The van der Waals surface area contributed by atoms with E-state index >= 15 is 0 Å². The highest BCUT2D eigenvalue weighted by atomic mass is 32.2. The summed E-state index contributed by atoms with van der Waals surface area (Å²) in [6, 6.07) is 0. The number of nitrogens with one attached hydrogen (secondary N) is 1. The van der Waals surface area contributed by atoms with Crippen molar-refractivity contribution in [2.75, 3.05) is 40.3 Å². The highest BCUT2D eigenvalue weighted by molar-refractivity contribution is 7.86. The lowest BCUT2D eigenvalue weighted by molar-refractivity contribution is 0.330. The molecule has 0 aromatic rings. The van der Waals surface area contributed by atoms with E-state index in [0.717, 1.165) is 25.9 Å². The van der Waals surface area contributed by atoms with Gasteiger partial charge in [-0.1, -0.05) is 0 Å². The van der Waals surface area contributed by atoms with Crippen molar-refractivity contribution in [3.05, 3.63) is 0 Å². The van der Waals surface area contributed by atoms with Crippen LogP contribution in [-0.4, -0.2) is 57.3 Å². The highest BCUT2D eigenvalue weighted by Gasteiger charge is 2.44. The van der Waals surface area contributed by atoms with E-state index in [1.807, 2.05) is 0 Å². The van der Waals surface area contributed by atoms with E-state index < -0.39 is 10.2 Å². The van der Waals surface area contributed by atoms with Gasteiger partial charge in [-0.2, -0.15) is 17.0 Å². The van der Waals surface area contributed by atoms with Gasteiger partial charge < -0.3 is 5.32 Å². The molecule has 1 N–H and O–H groups in total. The van der Waals surface area contributed by atoms with Gasteiger partial charge in [0, 0.05) is 33.7 Å². The topological polar surface area (TPSA) is 52.7 Å². The van der Waals surface area contributed by atoms with Crippen LogP contribution in [0.1, 0.15) is 12.8 Å². The van der Waals surface area contributed by atoms with Gasteiger partial charge in [-0.15, -0.1) is 0 Å². The fourth-order valence-electron chi connectivity index (χ4n) is 2.47. The Morgan fingerprint density at radius 3 is 2.60 bits per heavy atom. The molecule has 0 radical (unpaired) electrons. The molecule has 88 valence electrons. The monoisotopic (exact) mass is 233 g/mol. The Bertz CT molecular complexity index is 333. The number of nitrogens with zero attached hydrogens (tertiary/aromatic N) is 2. The van der Waals surface area contributed by atoms with E-state index in [2.05, 4.69) is 5.32 Å². The van der Waals surface area contributed by atoms with E-state index in [0.29, 0.717) is 13.1 Å². The predicted molar refractivity (Wildman–Crippen MR) is 58.7 cm³/mol. The van der Waals surface area contributed by atoms with Crippen molar-refractivity contribution in [3.63, 3.8) is 0 Å². The van der Waals surface area contributed by atoms with E-state index in [9.17, 15) is 8.42 Å². The predicted octanol–water partition coefficient (Wildman–Crippen LogP) is -0.522. The Balaban J connectivity index is 2.10. The van der Waals surface area contributed by atoms with Crippen LogP contribution in [0, 0.1) is 5.41 Å². The Hall–Kier alpha value is -0.170. The molecule has 0 bridgehead atoms. The quantitative estimate of drug-likeness (QED) is 0.698. The van der Waals surface area contributed by atoms with Gasteiger partial charge in [0.1, 0.15) is 0 Å². The van der Waals surface area contributed by atoms with Crippen LogP contribution < -0.4 is 5.32 Å². The lowest BCUT2D eigenvalue weighted by atomic mass is 9.87. The molecular weight excluding hydrogens is 214 g/mol. The van der Waals surface area contributed by atoms with Crippen LogP contribution in [0.2, 0.25) is 0 Å². The van der Waals surface area contributed by atoms with Crippen molar-refractivity contribution in [1.29, 1.82) is 0 Å². The molecule has 2 rings (SSSR count). The zero-order chi connectivity index (χ0) is 11.1. The molecule has 0 aliphatic carbocycles. The Morgan fingerprint density at radius 1 is 1.33 bits per heavy atom. The second kappa shape index (κ2) is 3.69. The number of rotatable bonds is 2. The molecule has 0 saturated carbocycles. The molecule has 2 aliphatic rings. The van der Waals surface area contributed by atoms with Crippen LogP contribution in [0.5, 0.6) is 0 Å².